The SMILES string of the molecule is S=C(NCCc1ccccc1)N[C@H]1C[C@H]2C=C[C@H]1C2. The Morgan fingerprint density at radius 1 is 1.16 bits per heavy atom. The lowest BCUT2D eigenvalue weighted by molar-refractivity contribution is 0.520. The largest absolute Gasteiger partial charge is 0.362 e. The van der Waals surface area contributed by atoms with Crippen molar-refractivity contribution in [1.82, 2.24) is 10.6 Å². The van der Waals surface area contributed by atoms with Crippen LogP contribution in [-0.2, 0) is 6.42 Å². The molecule has 100 valence electrons. The average Bonchev–Trinajstić information content (AvgIpc) is 3.02. The zero-order valence-corrected chi connectivity index (χ0v) is 11.8. The molecule has 3 atom stereocenters. The van der Waals surface area contributed by atoms with Gasteiger partial charge in [-0.2, -0.15) is 0 Å². The molecule has 0 unspecified atom stereocenters. The van der Waals surface area contributed by atoms with Crippen LogP contribution in [0.2, 0.25) is 0 Å². The molecule has 0 radical (unpaired) electrons. The summed E-state index contributed by atoms with van der Waals surface area (Å²) in [5.74, 6) is 1.48. The molecule has 19 heavy (non-hydrogen) atoms. The molecule has 0 aromatic heterocycles. The molecule has 2 N–H and O–H groups in total. The van der Waals surface area contributed by atoms with Crippen molar-refractivity contribution >= 4 is 17.3 Å². The summed E-state index contributed by atoms with van der Waals surface area (Å²) in [5, 5.41) is 7.59. The van der Waals surface area contributed by atoms with Crippen LogP contribution in [0.3, 0.4) is 0 Å². The Hall–Kier alpha value is -1.35. The molecular formula is C16H20N2S. The van der Waals surface area contributed by atoms with Crippen molar-refractivity contribution in [2.24, 2.45) is 11.8 Å². The van der Waals surface area contributed by atoms with Crippen LogP contribution in [0.4, 0.5) is 0 Å². The zero-order valence-electron chi connectivity index (χ0n) is 11.0. The van der Waals surface area contributed by atoms with Crippen LogP contribution in [0.5, 0.6) is 0 Å². The molecule has 0 aliphatic heterocycles. The van der Waals surface area contributed by atoms with Gasteiger partial charge in [-0.25, -0.2) is 0 Å². The summed E-state index contributed by atoms with van der Waals surface area (Å²) >= 11 is 5.38. The molecule has 3 rings (SSSR count). The molecule has 3 heteroatoms. The van der Waals surface area contributed by atoms with Gasteiger partial charge in [0.15, 0.2) is 5.11 Å². The Morgan fingerprint density at radius 3 is 2.68 bits per heavy atom. The van der Waals surface area contributed by atoms with Gasteiger partial charge < -0.3 is 10.6 Å². The first-order valence-electron chi connectivity index (χ1n) is 7.08. The van der Waals surface area contributed by atoms with Gasteiger partial charge in [0.25, 0.3) is 0 Å². The molecule has 0 saturated heterocycles. The van der Waals surface area contributed by atoms with E-state index in [1.165, 1.54) is 18.4 Å². The molecule has 2 nitrogen and oxygen atoms in total. The van der Waals surface area contributed by atoms with E-state index < -0.39 is 0 Å². The Balaban J connectivity index is 1.39. The Labute approximate surface area is 120 Å². The first kappa shape index (κ1) is 12.7. The fourth-order valence-electron chi connectivity index (χ4n) is 3.13. The summed E-state index contributed by atoms with van der Waals surface area (Å²) in [6, 6.07) is 11.1. The first-order valence-corrected chi connectivity index (χ1v) is 7.49. The monoisotopic (exact) mass is 272 g/mol. The number of allylic oxidation sites excluding steroid dienone is 1. The van der Waals surface area contributed by atoms with E-state index in [4.69, 9.17) is 12.2 Å². The van der Waals surface area contributed by atoms with Crippen molar-refractivity contribution in [3.8, 4) is 0 Å². The minimum absolute atomic E-state index is 0.548. The number of hydrogen-bond donors (Lipinski definition) is 2. The molecule has 1 aromatic carbocycles. The van der Waals surface area contributed by atoms with Crippen LogP contribution < -0.4 is 10.6 Å². The fourth-order valence-corrected chi connectivity index (χ4v) is 3.38. The van der Waals surface area contributed by atoms with Crippen molar-refractivity contribution in [3.05, 3.63) is 48.0 Å². The van der Waals surface area contributed by atoms with Crippen LogP contribution in [0.15, 0.2) is 42.5 Å². The minimum atomic E-state index is 0.548. The standard InChI is InChI=1S/C16H20N2S/c19-16(17-9-8-12-4-2-1-3-5-12)18-15-11-13-6-7-14(15)10-13/h1-7,13-15H,8-11H2,(H2,17,18,19)/t13-,14-,15-/m0/s1. The molecule has 2 bridgehead atoms. The van der Waals surface area contributed by atoms with Crippen molar-refractivity contribution in [2.75, 3.05) is 6.54 Å². The van der Waals surface area contributed by atoms with Gasteiger partial charge in [0.2, 0.25) is 0 Å². The summed E-state index contributed by atoms with van der Waals surface area (Å²) < 4.78 is 0. The fraction of sp³-hybridized carbons (Fsp3) is 0.438. The predicted molar refractivity (Wildman–Crippen MR) is 83.0 cm³/mol. The third-order valence-electron chi connectivity index (χ3n) is 4.14. The van der Waals surface area contributed by atoms with Gasteiger partial charge in [0.05, 0.1) is 0 Å². The van der Waals surface area contributed by atoms with Crippen LogP contribution >= 0.6 is 12.2 Å². The quantitative estimate of drug-likeness (QED) is 0.651. The number of nitrogens with one attached hydrogen (secondary N) is 2. The molecular weight excluding hydrogens is 252 g/mol. The number of hydrogen-bond acceptors (Lipinski definition) is 1. The van der Waals surface area contributed by atoms with Crippen LogP contribution in [0.25, 0.3) is 0 Å². The average molecular weight is 272 g/mol. The van der Waals surface area contributed by atoms with E-state index >= 15 is 0 Å². The summed E-state index contributed by atoms with van der Waals surface area (Å²) in [7, 11) is 0. The topological polar surface area (TPSA) is 24.1 Å². The smallest absolute Gasteiger partial charge is 0.166 e. The number of rotatable bonds is 4. The van der Waals surface area contributed by atoms with E-state index in [0.29, 0.717) is 12.0 Å². The highest BCUT2D eigenvalue weighted by atomic mass is 32.1. The second-order valence-corrected chi connectivity index (χ2v) is 5.93. The van der Waals surface area contributed by atoms with Gasteiger partial charge in [-0.15, -0.1) is 0 Å². The summed E-state index contributed by atoms with van der Waals surface area (Å²) in [6.07, 6.45) is 8.26. The molecule has 2 aliphatic carbocycles. The van der Waals surface area contributed by atoms with Gasteiger partial charge in [-0.1, -0.05) is 42.5 Å². The number of thiocarbonyl (C=S) groups is 1. The summed E-state index contributed by atoms with van der Waals surface area (Å²) in [5.41, 5.74) is 1.35. The van der Waals surface area contributed by atoms with Gasteiger partial charge in [-0.05, 0) is 48.9 Å². The van der Waals surface area contributed by atoms with E-state index in [1.54, 1.807) is 0 Å². The lowest BCUT2D eigenvalue weighted by Crippen LogP contribution is -2.44. The maximum atomic E-state index is 5.38. The maximum Gasteiger partial charge on any atom is 0.166 e. The van der Waals surface area contributed by atoms with Crippen molar-refractivity contribution in [3.63, 3.8) is 0 Å². The van der Waals surface area contributed by atoms with Crippen LogP contribution in [0, 0.1) is 11.8 Å². The third-order valence-corrected chi connectivity index (χ3v) is 4.40. The van der Waals surface area contributed by atoms with Gasteiger partial charge >= 0.3 is 0 Å². The Bertz CT molecular complexity index is 469. The van der Waals surface area contributed by atoms with Crippen molar-refractivity contribution in [1.29, 1.82) is 0 Å². The first-order chi connectivity index (χ1) is 9.31. The second-order valence-electron chi connectivity index (χ2n) is 5.52. The molecule has 0 amide bonds. The maximum absolute atomic E-state index is 5.38. The normalized spacial score (nSPS) is 27.5. The van der Waals surface area contributed by atoms with E-state index in [9.17, 15) is 0 Å². The van der Waals surface area contributed by atoms with E-state index in [0.717, 1.165) is 24.0 Å². The predicted octanol–water partition coefficient (Wildman–Crippen LogP) is 2.66. The number of benzene rings is 1. The molecule has 1 aromatic rings. The van der Waals surface area contributed by atoms with Crippen molar-refractivity contribution in [2.45, 2.75) is 25.3 Å². The van der Waals surface area contributed by atoms with E-state index in [1.807, 2.05) is 6.07 Å². The van der Waals surface area contributed by atoms with Crippen LogP contribution in [0.1, 0.15) is 18.4 Å². The summed E-state index contributed by atoms with van der Waals surface area (Å²) in [4.78, 5) is 0. The lowest BCUT2D eigenvalue weighted by atomic mass is 10.0. The van der Waals surface area contributed by atoms with Gasteiger partial charge in [0, 0.05) is 12.6 Å². The number of fused-ring (bicyclic) bond motifs is 2. The highest BCUT2D eigenvalue weighted by molar-refractivity contribution is 7.80. The molecule has 2 aliphatic rings. The summed E-state index contributed by atoms with van der Waals surface area (Å²) in [6.45, 7) is 0.895. The highest BCUT2D eigenvalue weighted by Gasteiger charge is 2.35. The highest BCUT2D eigenvalue weighted by Crippen LogP contribution is 2.38. The van der Waals surface area contributed by atoms with Crippen molar-refractivity contribution < 1.29 is 0 Å². The third kappa shape index (κ3) is 3.16. The Morgan fingerprint density at radius 2 is 2.00 bits per heavy atom. The van der Waals surface area contributed by atoms with Crippen LogP contribution in [-0.4, -0.2) is 17.7 Å². The Kier molecular flexibility index (Phi) is 3.83. The van der Waals surface area contributed by atoms with Gasteiger partial charge in [0.1, 0.15) is 0 Å². The van der Waals surface area contributed by atoms with E-state index in [-0.39, 0.29) is 0 Å². The molecule has 1 fully saturated rings. The lowest BCUT2D eigenvalue weighted by Gasteiger charge is -2.21. The minimum Gasteiger partial charge on any atom is -0.362 e. The second kappa shape index (κ2) is 5.74. The molecule has 1 saturated carbocycles. The van der Waals surface area contributed by atoms with E-state index in [2.05, 4.69) is 47.1 Å². The molecule has 0 heterocycles. The zero-order chi connectivity index (χ0) is 13.1. The molecule has 0 spiro atoms. The van der Waals surface area contributed by atoms with Gasteiger partial charge in [-0.3, -0.25) is 0 Å².